The third-order valence-electron chi connectivity index (χ3n) is 5.05. The van der Waals surface area contributed by atoms with E-state index in [9.17, 15) is 4.79 Å². The smallest absolute Gasteiger partial charge is 0.227 e. The Morgan fingerprint density at radius 2 is 1.88 bits per heavy atom. The molecule has 0 unspecified atom stereocenters. The Morgan fingerprint density at radius 3 is 2.50 bits per heavy atom. The van der Waals surface area contributed by atoms with Crippen molar-refractivity contribution in [2.45, 2.75) is 12.8 Å². The Labute approximate surface area is 160 Å². The highest BCUT2D eigenvalue weighted by molar-refractivity contribution is 6.30. The molecule has 2 aliphatic rings. The fraction of sp³-hybridized carbons (Fsp3) is 0.579. The summed E-state index contributed by atoms with van der Waals surface area (Å²) in [5.74, 6) is 1.10. The molecule has 1 N–H and O–H groups in total. The third kappa shape index (κ3) is 5.11. The third-order valence-corrected chi connectivity index (χ3v) is 5.28. The van der Waals surface area contributed by atoms with Crippen molar-refractivity contribution >= 4 is 23.5 Å². The Balaban J connectivity index is 1.42. The number of nitrogens with zero attached hydrogens (tertiary/aromatic N) is 4. The normalized spacial score (nSPS) is 18.6. The second-order valence-corrected chi connectivity index (χ2v) is 7.28. The first-order valence-electron chi connectivity index (χ1n) is 9.36. The van der Waals surface area contributed by atoms with Gasteiger partial charge in [-0.15, -0.1) is 0 Å². The minimum absolute atomic E-state index is 0.160. The molecule has 1 aromatic carbocycles. The van der Waals surface area contributed by atoms with Crippen LogP contribution >= 0.6 is 11.6 Å². The average Bonchev–Trinajstić information content (AvgIpc) is 2.60. The van der Waals surface area contributed by atoms with Crippen molar-refractivity contribution in [2.75, 3.05) is 59.4 Å². The van der Waals surface area contributed by atoms with Crippen molar-refractivity contribution in [3.63, 3.8) is 0 Å². The molecule has 0 spiro atoms. The molecule has 0 bridgehead atoms. The molecule has 0 atom stereocenters. The van der Waals surface area contributed by atoms with Gasteiger partial charge in [0.1, 0.15) is 0 Å². The van der Waals surface area contributed by atoms with Crippen LogP contribution < -0.4 is 5.32 Å². The number of piperazine rings is 1. The second-order valence-electron chi connectivity index (χ2n) is 6.84. The lowest BCUT2D eigenvalue weighted by Crippen LogP contribution is -2.54. The SMILES string of the molecule is CN=C(NCCN1CCC1)N1CCN(C(=O)Cc2cccc(Cl)c2)CC1. The van der Waals surface area contributed by atoms with Crippen LogP contribution in [0.25, 0.3) is 0 Å². The van der Waals surface area contributed by atoms with E-state index in [1.165, 1.54) is 19.5 Å². The molecular formula is C19H28ClN5O. The van der Waals surface area contributed by atoms with E-state index < -0.39 is 0 Å². The lowest BCUT2D eigenvalue weighted by Gasteiger charge is -2.37. The zero-order valence-electron chi connectivity index (χ0n) is 15.5. The molecule has 0 radical (unpaired) electrons. The molecule has 0 aliphatic carbocycles. The summed E-state index contributed by atoms with van der Waals surface area (Å²) in [4.78, 5) is 23.5. The summed E-state index contributed by atoms with van der Waals surface area (Å²) in [7, 11) is 1.82. The van der Waals surface area contributed by atoms with Crippen molar-refractivity contribution in [3.8, 4) is 0 Å². The van der Waals surface area contributed by atoms with Crippen LogP contribution in [0.15, 0.2) is 29.3 Å². The Morgan fingerprint density at radius 1 is 1.15 bits per heavy atom. The average molecular weight is 378 g/mol. The van der Waals surface area contributed by atoms with Gasteiger partial charge in [-0.05, 0) is 37.2 Å². The van der Waals surface area contributed by atoms with Crippen molar-refractivity contribution in [3.05, 3.63) is 34.9 Å². The van der Waals surface area contributed by atoms with Crippen LogP contribution in [0.2, 0.25) is 5.02 Å². The summed E-state index contributed by atoms with van der Waals surface area (Å²) in [6.45, 7) is 7.49. The van der Waals surface area contributed by atoms with Crippen LogP contribution in [0.3, 0.4) is 0 Å². The monoisotopic (exact) mass is 377 g/mol. The molecule has 6 nitrogen and oxygen atoms in total. The van der Waals surface area contributed by atoms with E-state index in [1.807, 2.05) is 36.2 Å². The van der Waals surface area contributed by atoms with Gasteiger partial charge < -0.3 is 20.0 Å². The lowest BCUT2D eigenvalue weighted by atomic mass is 10.1. The molecule has 3 rings (SSSR count). The van der Waals surface area contributed by atoms with Crippen LogP contribution in [-0.2, 0) is 11.2 Å². The van der Waals surface area contributed by atoms with Crippen LogP contribution in [-0.4, -0.2) is 86.0 Å². The predicted molar refractivity (Wildman–Crippen MR) is 106 cm³/mol. The summed E-state index contributed by atoms with van der Waals surface area (Å²) < 4.78 is 0. The van der Waals surface area contributed by atoms with Gasteiger partial charge in [0.05, 0.1) is 6.42 Å². The number of amides is 1. The van der Waals surface area contributed by atoms with E-state index >= 15 is 0 Å². The van der Waals surface area contributed by atoms with Crippen LogP contribution in [0.4, 0.5) is 0 Å². The number of guanidine groups is 1. The summed E-state index contributed by atoms with van der Waals surface area (Å²) in [6, 6.07) is 7.52. The van der Waals surface area contributed by atoms with E-state index in [-0.39, 0.29) is 5.91 Å². The summed E-state index contributed by atoms with van der Waals surface area (Å²) >= 11 is 6.00. The Bertz CT molecular complexity index is 639. The zero-order chi connectivity index (χ0) is 18.4. The molecule has 7 heteroatoms. The van der Waals surface area contributed by atoms with Crippen molar-refractivity contribution in [1.82, 2.24) is 20.0 Å². The highest BCUT2D eigenvalue weighted by atomic mass is 35.5. The molecule has 2 fully saturated rings. The van der Waals surface area contributed by atoms with Crippen molar-refractivity contribution in [1.29, 1.82) is 0 Å². The van der Waals surface area contributed by atoms with Crippen LogP contribution in [0.1, 0.15) is 12.0 Å². The number of hydrogen-bond acceptors (Lipinski definition) is 3. The highest BCUT2D eigenvalue weighted by Gasteiger charge is 2.23. The van der Waals surface area contributed by atoms with Gasteiger partial charge in [-0.2, -0.15) is 0 Å². The number of rotatable bonds is 5. The molecule has 0 saturated carbocycles. The van der Waals surface area contributed by atoms with Gasteiger partial charge in [-0.1, -0.05) is 23.7 Å². The van der Waals surface area contributed by atoms with Gasteiger partial charge >= 0.3 is 0 Å². The van der Waals surface area contributed by atoms with Gasteiger partial charge in [0.25, 0.3) is 0 Å². The maximum absolute atomic E-state index is 12.5. The standard InChI is InChI=1S/C19H28ClN5O/c1-21-19(22-6-9-23-7-3-8-23)25-12-10-24(11-13-25)18(26)15-16-4-2-5-17(20)14-16/h2,4-5,14H,3,6-13,15H2,1H3,(H,21,22). The molecule has 1 aromatic rings. The van der Waals surface area contributed by atoms with Crippen molar-refractivity contribution < 1.29 is 4.79 Å². The van der Waals surface area contributed by atoms with Crippen LogP contribution in [0.5, 0.6) is 0 Å². The molecule has 2 saturated heterocycles. The largest absolute Gasteiger partial charge is 0.355 e. The molecule has 2 aliphatic heterocycles. The predicted octanol–water partition coefficient (Wildman–Crippen LogP) is 1.31. The number of likely N-dealkylation sites (tertiary alicyclic amines) is 1. The second kappa shape index (κ2) is 9.24. The molecule has 2 heterocycles. The van der Waals surface area contributed by atoms with E-state index in [2.05, 4.69) is 20.1 Å². The fourth-order valence-corrected chi connectivity index (χ4v) is 3.58. The quantitative estimate of drug-likeness (QED) is 0.621. The fourth-order valence-electron chi connectivity index (χ4n) is 3.36. The Hall–Kier alpha value is -1.79. The molecule has 1 amide bonds. The van der Waals surface area contributed by atoms with Gasteiger partial charge in [-0.3, -0.25) is 9.79 Å². The van der Waals surface area contributed by atoms with E-state index in [1.54, 1.807) is 0 Å². The van der Waals surface area contributed by atoms with Crippen LogP contribution in [0, 0.1) is 0 Å². The minimum Gasteiger partial charge on any atom is -0.355 e. The summed E-state index contributed by atoms with van der Waals surface area (Å²) in [5.41, 5.74) is 0.966. The lowest BCUT2D eigenvalue weighted by molar-refractivity contribution is -0.131. The Kier molecular flexibility index (Phi) is 6.74. The summed E-state index contributed by atoms with van der Waals surface area (Å²) in [6.07, 6.45) is 1.73. The van der Waals surface area contributed by atoms with E-state index in [0.29, 0.717) is 11.4 Å². The van der Waals surface area contributed by atoms with E-state index in [4.69, 9.17) is 11.6 Å². The van der Waals surface area contributed by atoms with Gasteiger partial charge in [-0.25, -0.2) is 0 Å². The first kappa shape index (κ1) is 19.0. The summed E-state index contributed by atoms with van der Waals surface area (Å²) in [5, 5.41) is 4.12. The molecule has 142 valence electrons. The van der Waals surface area contributed by atoms with E-state index in [0.717, 1.165) is 50.8 Å². The molecular weight excluding hydrogens is 350 g/mol. The first-order valence-corrected chi connectivity index (χ1v) is 9.73. The minimum atomic E-state index is 0.160. The number of halogens is 1. The maximum atomic E-state index is 12.5. The maximum Gasteiger partial charge on any atom is 0.227 e. The highest BCUT2D eigenvalue weighted by Crippen LogP contribution is 2.13. The van der Waals surface area contributed by atoms with Gasteiger partial charge in [0.15, 0.2) is 5.96 Å². The number of carbonyl (C=O) groups is 1. The number of hydrogen-bond donors (Lipinski definition) is 1. The van der Waals surface area contributed by atoms with Gasteiger partial charge in [0, 0.05) is 51.3 Å². The first-order chi connectivity index (χ1) is 12.7. The zero-order valence-corrected chi connectivity index (χ0v) is 16.2. The number of nitrogens with one attached hydrogen (secondary N) is 1. The van der Waals surface area contributed by atoms with Gasteiger partial charge in [0.2, 0.25) is 5.91 Å². The number of benzene rings is 1. The number of carbonyl (C=O) groups excluding carboxylic acids is 1. The molecule has 0 aromatic heterocycles. The topological polar surface area (TPSA) is 51.2 Å². The van der Waals surface area contributed by atoms with Crippen molar-refractivity contribution in [2.24, 2.45) is 4.99 Å². The molecule has 26 heavy (non-hydrogen) atoms. The number of aliphatic imine (C=N–C) groups is 1.